The maximum atomic E-state index is 3.69. The van der Waals surface area contributed by atoms with Gasteiger partial charge in [-0.15, -0.1) is 0 Å². The molecule has 1 heteroatoms. The third kappa shape index (κ3) is 5.22. The van der Waals surface area contributed by atoms with Crippen LogP contribution in [0.25, 0.3) is 0 Å². The van der Waals surface area contributed by atoms with Crippen LogP contribution >= 0.6 is 0 Å². The van der Waals surface area contributed by atoms with E-state index in [4.69, 9.17) is 0 Å². The Morgan fingerprint density at radius 2 is 1.56 bits per heavy atom. The van der Waals surface area contributed by atoms with Gasteiger partial charge in [0.2, 0.25) is 0 Å². The van der Waals surface area contributed by atoms with Gasteiger partial charge < -0.3 is 5.32 Å². The first-order valence-electron chi connectivity index (χ1n) is 7.37. The summed E-state index contributed by atoms with van der Waals surface area (Å²) in [7, 11) is 0. The van der Waals surface area contributed by atoms with E-state index in [1.54, 1.807) is 0 Å². The van der Waals surface area contributed by atoms with Crippen molar-refractivity contribution in [2.75, 3.05) is 0 Å². The molecule has 0 fully saturated rings. The van der Waals surface area contributed by atoms with Crippen molar-refractivity contribution in [2.24, 2.45) is 5.92 Å². The van der Waals surface area contributed by atoms with Crippen LogP contribution in [0.2, 0.25) is 0 Å². The summed E-state index contributed by atoms with van der Waals surface area (Å²) in [6.45, 7) is 11.3. The van der Waals surface area contributed by atoms with Crippen LogP contribution in [0.3, 0.4) is 0 Å². The Kier molecular flexibility index (Phi) is 6.42. The molecule has 1 N–H and O–H groups in total. The molecule has 2 unspecified atom stereocenters. The summed E-state index contributed by atoms with van der Waals surface area (Å²) >= 11 is 0. The summed E-state index contributed by atoms with van der Waals surface area (Å²) in [6.07, 6.45) is 3.68. The highest BCUT2D eigenvalue weighted by molar-refractivity contribution is 5.24. The number of hydrogen-bond acceptors (Lipinski definition) is 1. The predicted octanol–water partition coefficient (Wildman–Crippen LogP) is 4.72. The molecule has 18 heavy (non-hydrogen) atoms. The molecular formula is C17H29N. The van der Waals surface area contributed by atoms with Gasteiger partial charge in [-0.1, -0.05) is 45.0 Å². The Bertz CT molecular complexity index is 326. The molecule has 1 rings (SSSR count). The first kappa shape index (κ1) is 15.2. The maximum Gasteiger partial charge on any atom is 0.0294 e. The van der Waals surface area contributed by atoms with Crippen LogP contribution in [0.5, 0.6) is 0 Å². The molecule has 102 valence electrons. The third-order valence-electron chi connectivity index (χ3n) is 3.60. The van der Waals surface area contributed by atoms with Crippen molar-refractivity contribution in [3.8, 4) is 0 Å². The Morgan fingerprint density at radius 3 is 2.06 bits per heavy atom. The van der Waals surface area contributed by atoms with Crippen LogP contribution in [0, 0.1) is 5.92 Å². The first-order chi connectivity index (χ1) is 8.52. The predicted molar refractivity (Wildman–Crippen MR) is 80.9 cm³/mol. The number of rotatable bonds is 7. The number of hydrogen-bond donors (Lipinski definition) is 1. The lowest BCUT2D eigenvalue weighted by Gasteiger charge is -2.21. The molecule has 1 aromatic carbocycles. The molecule has 0 aliphatic rings. The lowest BCUT2D eigenvalue weighted by Crippen LogP contribution is -2.29. The minimum atomic E-state index is 0.443. The van der Waals surface area contributed by atoms with Crippen molar-refractivity contribution >= 4 is 0 Å². The zero-order valence-electron chi connectivity index (χ0n) is 12.7. The highest BCUT2D eigenvalue weighted by Gasteiger charge is 2.09. The Balaban J connectivity index is 2.45. The zero-order valence-corrected chi connectivity index (χ0v) is 12.7. The average Bonchev–Trinajstić information content (AvgIpc) is 2.36. The number of nitrogens with one attached hydrogen (secondary N) is 1. The normalized spacial score (nSPS) is 14.8. The van der Waals surface area contributed by atoms with Gasteiger partial charge in [0, 0.05) is 12.1 Å². The van der Waals surface area contributed by atoms with Gasteiger partial charge in [0.1, 0.15) is 0 Å². The molecule has 0 saturated carbocycles. The molecule has 0 spiro atoms. The van der Waals surface area contributed by atoms with Gasteiger partial charge in [-0.3, -0.25) is 0 Å². The lowest BCUT2D eigenvalue weighted by atomic mass is 10.0. The Labute approximate surface area is 113 Å². The van der Waals surface area contributed by atoms with Crippen LogP contribution in [0.15, 0.2) is 24.3 Å². The largest absolute Gasteiger partial charge is 0.308 e. The second-order valence-corrected chi connectivity index (χ2v) is 5.86. The molecule has 0 bridgehead atoms. The van der Waals surface area contributed by atoms with Gasteiger partial charge in [-0.2, -0.15) is 0 Å². The maximum absolute atomic E-state index is 3.69. The Hall–Kier alpha value is -0.820. The van der Waals surface area contributed by atoms with E-state index in [2.05, 4.69) is 64.2 Å². The van der Waals surface area contributed by atoms with Crippen LogP contribution in [-0.2, 0) is 6.42 Å². The van der Waals surface area contributed by atoms with Crippen molar-refractivity contribution in [1.29, 1.82) is 0 Å². The van der Waals surface area contributed by atoms with Crippen LogP contribution in [-0.4, -0.2) is 6.04 Å². The van der Waals surface area contributed by atoms with E-state index in [1.807, 2.05) is 0 Å². The fourth-order valence-electron chi connectivity index (χ4n) is 2.23. The van der Waals surface area contributed by atoms with E-state index in [9.17, 15) is 0 Å². The minimum Gasteiger partial charge on any atom is -0.308 e. The Morgan fingerprint density at radius 1 is 0.944 bits per heavy atom. The van der Waals surface area contributed by atoms with E-state index in [0.29, 0.717) is 12.1 Å². The second-order valence-electron chi connectivity index (χ2n) is 5.86. The molecule has 0 amide bonds. The minimum absolute atomic E-state index is 0.443. The fraction of sp³-hybridized carbons (Fsp3) is 0.647. The van der Waals surface area contributed by atoms with E-state index >= 15 is 0 Å². The number of benzene rings is 1. The summed E-state index contributed by atoms with van der Waals surface area (Å²) < 4.78 is 0. The van der Waals surface area contributed by atoms with E-state index in [0.717, 1.165) is 12.3 Å². The molecule has 0 aromatic heterocycles. The monoisotopic (exact) mass is 247 g/mol. The quantitative estimate of drug-likeness (QED) is 0.735. The third-order valence-corrected chi connectivity index (χ3v) is 3.60. The molecule has 0 aliphatic heterocycles. The van der Waals surface area contributed by atoms with Crippen molar-refractivity contribution in [3.63, 3.8) is 0 Å². The highest BCUT2D eigenvalue weighted by atomic mass is 14.9. The van der Waals surface area contributed by atoms with Gasteiger partial charge in [0.15, 0.2) is 0 Å². The van der Waals surface area contributed by atoms with Crippen LogP contribution in [0.1, 0.15) is 64.6 Å². The summed E-state index contributed by atoms with van der Waals surface area (Å²) in [5.41, 5.74) is 2.81. The summed E-state index contributed by atoms with van der Waals surface area (Å²) in [4.78, 5) is 0. The van der Waals surface area contributed by atoms with E-state index < -0.39 is 0 Å². The topological polar surface area (TPSA) is 12.0 Å². The molecule has 1 nitrogen and oxygen atoms in total. The zero-order chi connectivity index (χ0) is 13.5. The summed E-state index contributed by atoms with van der Waals surface area (Å²) in [5.74, 6) is 0.799. The van der Waals surface area contributed by atoms with Crippen molar-refractivity contribution in [1.82, 2.24) is 5.32 Å². The van der Waals surface area contributed by atoms with Crippen molar-refractivity contribution < 1.29 is 0 Å². The lowest BCUT2D eigenvalue weighted by molar-refractivity contribution is 0.417. The SMILES string of the molecule is CCc1ccc(C(C)NC(C)CCC(C)C)cc1. The smallest absolute Gasteiger partial charge is 0.0294 e. The highest BCUT2D eigenvalue weighted by Crippen LogP contribution is 2.16. The average molecular weight is 247 g/mol. The molecule has 0 radical (unpaired) electrons. The van der Waals surface area contributed by atoms with Crippen LogP contribution < -0.4 is 5.32 Å². The second kappa shape index (κ2) is 7.58. The van der Waals surface area contributed by atoms with E-state index in [1.165, 1.54) is 24.0 Å². The van der Waals surface area contributed by atoms with Gasteiger partial charge in [-0.05, 0) is 50.2 Å². The molecule has 0 heterocycles. The molecule has 1 aromatic rings. The number of aryl methyl sites for hydroxylation is 1. The molecule has 2 atom stereocenters. The van der Waals surface area contributed by atoms with Gasteiger partial charge in [0.25, 0.3) is 0 Å². The summed E-state index contributed by atoms with van der Waals surface area (Å²) in [6, 6.07) is 10.0. The fourth-order valence-corrected chi connectivity index (χ4v) is 2.23. The van der Waals surface area contributed by atoms with Crippen LogP contribution in [0.4, 0.5) is 0 Å². The van der Waals surface area contributed by atoms with Gasteiger partial charge in [0.05, 0.1) is 0 Å². The van der Waals surface area contributed by atoms with Gasteiger partial charge in [-0.25, -0.2) is 0 Å². The molecule has 0 aliphatic carbocycles. The molecule has 0 saturated heterocycles. The van der Waals surface area contributed by atoms with Crippen molar-refractivity contribution in [2.45, 2.75) is 66.0 Å². The van der Waals surface area contributed by atoms with Crippen molar-refractivity contribution in [3.05, 3.63) is 35.4 Å². The van der Waals surface area contributed by atoms with E-state index in [-0.39, 0.29) is 0 Å². The first-order valence-corrected chi connectivity index (χ1v) is 7.37. The molecular weight excluding hydrogens is 218 g/mol. The van der Waals surface area contributed by atoms with Gasteiger partial charge >= 0.3 is 0 Å². The standard InChI is InChI=1S/C17H29N/c1-6-16-9-11-17(12-10-16)15(5)18-14(4)8-7-13(2)3/h9-15,18H,6-8H2,1-5H3. The summed E-state index contributed by atoms with van der Waals surface area (Å²) in [5, 5.41) is 3.69.